The second-order valence-electron chi connectivity index (χ2n) is 6.72. The van der Waals surface area contributed by atoms with E-state index < -0.39 is 11.0 Å². The maximum Gasteiger partial charge on any atom is 0.270 e. The van der Waals surface area contributed by atoms with Crippen LogP contribution in [0.4, 0.5) is 5.69 Å². The molecule has 1 saturated carbocycles. The van der Waals surface area contributed by atoms with E-state index in [0.29, 0.717) is 5.39 Å². The van der Waals surface area contributed by atoms with Crippen molar-refractivity contribution in [2.45, 2.75) is 51.2 Å². The van der Waals surface area contributed by atoms with Crippen molar-refractivity contribution in [2.75, 3.05) is 0 Å². The van der Waals surface area contributed by atoms with Gasteiger partial charge in [-0.05, 0) is 31.9 Å². The average molecular weight is 358 g/mol. The van der Waals surface area contributed by atoms with Crippen molar-refractivity contribution in [1.29, 1.82) is 0 Å². The van der Waals surface area contributed by atoms with Gasteiger partial charge in [0.2, 0.25) is 11.8 Å². The molecule has 1 fully saturated rings. The van der Waals surface area contributed by atoms with Gasteiger partial charge in [0.25, 0.3) is 5.69 Å². The van der Waals surface area contributed by atoms with Gasteiger partial charge in [0.05, 0.1) is 4.92 Å². The summed E-state index contributed by atoms with van der Waals surface area (Å²) in [6, 6.07) is 5.84. The molecule has 3 rings (SSSR count). The van der Waals surface area contributed by atoms with E-state index in [-0.39, 0.29) is 30.1 Å². The van der Waals surface area contributed by atoms with Crippen LogP contribution in [-0.2, 0) is 16.1 Å². The van der Waals surface area contributed by atoms with E-state index in [9.17, 15) is 19.7 Å². The van der Waals surface area contributed by atoms with Gasteiger partial charge in [0.1, 0.15) is 12.6 Å². The van der Waals surface area contributed by atoms with Crippen LogP contribution in [0.5, 0.6) is 0 Å². The largest absolute Gasteiger partial charge is 0.352 e. The average Bonchev–Trinajstić information content (AvgIpc) is 3.24. The van der Waals surface area contributed by atoms with Crippen molar-refractivity contribution in [2.24, 2.45) is 0 Å². The van der Waals surface area contributed by atoms with Crippen molar-refractivity contribution < 1.29 is 14.5 Å². The number of hydrogen-bond donors (Lipinski definition) is 2. The number of nitrogens with one attached hydrogen (secondary N) is 2. The lowest BCUT2D eigenvalue weighted by molar-refractivity contribution is -0.384. The van der Waals surface area contributed by atoms with Gasteiger partial charge >= 0.3 is 0 Å². The van der Waals surface area contributed by atoms with E-state index in [1.807, 2.05) is 0 Å². The van der Waals surface area contributed by atoms with E-state index in [1.54, 1.807) is 29.8 Å². The lowest BCUT2D eigenvalue weighted by atomic mass is 10.2. The molecule has 2 N–H and O–H groups in total. The summed E-state index contributed by atoms with van der Waals surface area (Å²) in [6.07, 6.45) is 5.95. The summed E-state index contributed by atoms with van der Waals surface area (Å²) in [5.74, 6) is -0.451. The zero-order chi connectivity index (χ0) is 18.7. The number of nitro benzene ring substituents is 1. The zero-order valence-electron chi connectivity index (χ0n) is 14.6. The summed E-state index contributed by atoms with van der Waals surface area (Å²) in [5, 5.41) is 17.2. The summed E-state index contributed by atoms with van der Waals surface area (Å²) < 4.78 is 1.70. The van der Waals surface area contributed by atoms with Gasteiger partial charge in [-0.15, -0.1) is 0 Å². The van der Waals surface area contributed by atoms with Crippen LogP contribution >= 0.6 is 0 Å². The lowest BCUT2D eigenvalue weighted by Crippen LogP contribution is -2.48. The van der Waals surface area contributed by atoms with Gasteiger partial charge in [-0.2, -0.15) is 0 Å². The van der Waals surface area contributed by atoms with Crippen LogP contribution in [0.2, 0.25) is 0 Å². The summed E-state index contributed by atoms with van der Waals surface area (Å²) in [6.45, 7) is 1.71. The third-order valence-corrected chi connectivity index (χ3v) is 4.75. The van der Waals surface area contributed by atoms with E-state index in [4.69, 9.17) is 0 Å². The Balaban J connectivity index is 1.59. The van der Waals surface area contributed by atoms with Gasteiger partial charge < -0.3 is 15.2 Å². The Labute approximate surface area is 150 Å². The van der Waals surface area contributed by atoms with Crippen molar-refractivity contribution in [3.8, 4) is 0 Å². The van der Waals surface area contributed by atoms with Crippen LogP contribution in [0.15, 0.2) is 30.5 Å². The molecule has 0 spiro atoms. The first-order chi connectivity index (χ1) is 12.4. The molecular formula is C18H22N4O4. The lowest BCUT2D eigenvalue weighted by Gasteiger charge is -2.18. The maximum atomic E-state index is 12.3. The molecule has 26 heavy (non-hydrogen) atoms. The molecule has 138 valence electrons. The summed E-state index contributed by atoms with van der Waals surface area (Å²) in [5.41, 5.74) is 0.741. The highest BCUT2D eigenvalue weighted by atomic mass is 16.6. The number of amides is 2. The fraction of sp³-hybridized carbons (Fsp3) is 0.444. The minimum atomic E-state index is -0.606. The molecule has 2 aromatic rings. The fourth-order valence-corrected chi connectivity index (χ4v) is 3.34. The van der Waals surface area contributed by atoms with Crippen molar-refractivity contribution in [1.82, 2.24) is 15.2 Å². The van der Waals surface area contributed by atoms with Crippen LogP contribution in [0, 0.1) is 10.1 Å². The quantitative estimate of drug-likeness (QED) is 0.609. The number of non-ortho nitro benzene ring substituents is 1. The van der Waals surface area contributed by atoms with Gasteiger partial charge in [0, 0.05) is 35.3 Å². The Morgan fingerprint density at radius 3 is 2.73 bits per heavy atom. The molecular weight excluding hydrogens is 336 g/mol. The molecule has 8 heteroatoms. The summed E-state index contributed by atoms with van der Waals surface area (Å²) in [4.78, 5) is 34.8. The third kappa shape index (κ3) is 4.01. The number of hydrogen-bond acceptors (Lipinski definition) is 4. The molecule has 1 heterocycles. The predicted octanol–water partition coefficient (Wildman–Crippen LogP) is 2.11. The number of nitrogens with zero attached hydrogens (tertiary/aromatic N) is 2. The van der Waals surface area contributed by atoms with Crippen LogP contribution in [0.1, 0.15) is 32.6 Å². The Bertz CT molecular complexity index is 839. The smallest absolute Gasteiger partial charge is 0.270 e. The van der Waals surface area contributed by atoms with Crippen molar-refractivity contribution >= 4 is 28.4 Å². The summed E-state index contributed by atoms with van der Waals surface area (Å²) in [7, 11) is 0. The highest BCUT2D eigenvalue weighted by Crippen LogP contribution is 2.22. The number of fused-ring (bicyclic) bond motifs is 1. The molecule has 0 aliphatic heterocycles. The number of aromatic nitrogens is 1. The molecule has 1 aromatic carbocycles. The number of carbonyl (C=O) groups excluding carboxylic acids is 2. The third-order valence-electron chi connectivity index (χ3n) is 4.75. The van der Waals surface area contributed by atoms with E-state index in [0.717, 1.165) is 31.2 Å². The van der Waals surface area contributed by atoms with Crippen LogP contribution in [0.25, 0.3) is 10.9 Å². The van der Waals surface area contributed by atoms with E-state index >= 15 is 0 Å². The van der Waals surface area contributed by atoms with Crippen LogP contribution < -0.4 is 10.6 Å². The molecule has 0 saturated heterocycles. The van der Waals surface area contributed by atoms with E-state index in [1.165, 1.54) is 12.1 Å². The van der Waals surface area contributed by atoms with Crippen molar-refractivity contribution in [3.05, 3.63) is 40.6 Å². The predicted molar refractivity (Wildman–Crippen MR) is 96.6 cm³/mol. The molecule has 0 radical (unpaired) electrons. The Morgan fingerprint density at radius 1 is 1.31 bits per heavy atom. The van der Waals surface area contributed by atoms with Gasteiger partial charge in [0.15, 0.2) is 0 Å². The molecule has 0 bridgehead atoms. The van der Waals surface area contributed by atoms with Crippen LogP contribution in [-0.4, -0.2) is 33.4 Å². The Kier molecular flexibility index (Phi) is 5.20. The molecule has 1 unspecified atom stereocenters. The Morgan fingerprint density at radius 2 is 2.04 bits per heavy atom. The van der Waals surface area contributed by atoms with Crippen LogP contribution in [0.3, 0.4) is 0 Å². The first-order valence-electron chi connectivity index (χ1n) is 8.77. The first-order valence-corrected chi connectivity index (χ1v) is 8.77. The summed E-state index contributed by atoms with van der Waals surface area (Å²) >= 11 is 0. The highest BCUT2D eigenvalue weighted by molar-refractivity contribution is 5.89. The molecule has 2 amide bonds. The topological polar surface area (TPSA) is 106 Å². The minimum Gasteiger partial charge on any atom is -0.352 e. The van der Waals surface area contributed by atoms with Gasteiger partial charge in [-0.1, -0.05) is 12.8 Å². The first kappa shape index (κ1) is 17.9. The van der Waals surface area contributed by atoms with Crippen molar-refractivity contribution in [3.63, 3.8) is 0 Å². The fourth-order valence-electron chi connectivity index (χ4n) is 3.34. The molecule has 1 atom stereocenters. The van der Waals surface area contributed by atoms with Gasteiger partial charge in [-0.25, -0.2) is 0 Å². The maximum absolute atomic E-state index is 12.3. The molecule has 1 aliphatic rings. The molecule has 1 aliphatic carbocycles. The number of nitro groups is 1. The molecule has 8 nitrogen and oxygen atoms in total. The minimum absolute atomic E-state index is 0.0110. The highest BCUT2D eigenvalue weighted by Gasteiger charge is 2.22. The number of rotatable bonds is 6. The number of carbonyl (C=O) groups is 2. The zero-order valence-corrected chi connectivity index (χ0v) is 14.6. The second kappa shape index (κ2) is 7.55. The Hall–Kier alpha value is -2.90. The molecule has 1 aromatic heterocycles. The monoisotopic (exact) mass is 358 g/mol. The normalized spacial score (nSPS) is 15.7. The number of benzene rings is 1. The SMILES string of the molecule is CC(NC(=O)Cn1ccc2cc([N+](=O)[O-])ccc21)C(=O)NC1CCCC1. The van der Waals surface area contributed by atoms with Gasteiger partial charge in [-0.3, -0.25) is 19.7 Å². The second-order valence-corrected chi connectivity index (χ2v) is 6.72. The van der Waals surface area contributed by atoms with E-state index in [2.05, 4.69) is 10.6 Å². The standard InChI is InChI=1S/C18H22N4O4/c1-12(18(24)20-14-4-2-3-5-14)19-17(23)11-21-9-8-13-10-15(22(25)26)6-7-16(13)21/h6-10,12,14H,2-5,11H2,1H3,(H,19,23)(H,20,24).